The summed E-state index contributed by atoms with van der Waals surface area (Å²) in [5, 5.41) is 0. The smallest absolute Gasteiger partial charge is 0.0159 e. The maximum absolute atomic E-state index is 6.62. The highest BCUT2D eigenvalue weighted by Crippen LogP contribution is 2.31. The Kier molecular flexibility index (Phi) is 6.01. The molecule has 0 bridgehead atoms. The van der Waals surface area contributed by atoms with Gasteiger partial charge >= 0.3 is 0 Å². The number of aryl methyl sites for hydroxylation is 1. The van der Waals surface area contributed by atoms with Gasteiger partial charge in [0.15, 0.2) is 0 Å². The minimum Gasteiger partial charge on any atom is -0.327 e. The zero-order chi connectivity index (χ0) is 15.2. The van der Waals surface area contributed by atoms with Crippen molar-refractivity contribution in [3.8, 4) is 0 Å². The maximum Gasteiger partial charge on any atom is 0.0159 e. The number of nitrogens with two attached hydrogens (primary N) is 1. The molecule has 0 aliphatic carbocycles. The van der Waals surface area contributed by atoms with E-state index < -0.39 is 0 Å². The van der Waals surface area contributed by atoms with Crippen LogP contribution in [0.1, 0.15) is 48.4 Å². The van der Waals surface area contributed by atoms with E-state index in [2.05, 4.69) is 63.2 Å². The van der Waals surface area contributed by atoms with Gasteiger partial charge in [-0.3, -0.25) is 0 Å². The van der Waals surface area contributed by atoms with Gasteiger partial charge in [-0.1, -0.05) is 57.5 Å². The Morgan fingerprint density at radius 1 is 1.00 bits per heavy atom. The molecule has 0 aliphatic rings. The fraction of sp³-hybridized carbons (Fsp3) is 0.474. The lowest BCUT2D eigenvalue weighted by Crippen LogP contribution is -2.34. The molecule has 3 atom stereocenters. The van der Waals surface area contributed by atoms with Gasteiger partial charge in [0, 0.05) is 21.7 Å². The molecule has 1 nitrogen and oxygen atoms in total. The molecule has 0 spiro atoms. The summed E-state index contributed by atoms with van der Waals surface area (Å²) in [6.45, 7) is 6.79. The van der Waals surface area contributed by atoms with Crippen LogP contribution in [0.25, 0.3) is 0 Å². The van der Waals surface area contributed by atoms with E-state index in [0.29, 0.717) is 11.8 Å². The van der Waals surface area contributed by atoms with Crippen LogP contribution in [0.4, 0.5) is 0 Å². The van der Waals surface area contributed by atoms with Crippen molar-refractivity contribution in [2.45, 2.75) is 52.0 Å². The molecule has 0 radical (unpaired) electrons. The van der Waals surface area contributed by atoms with Gasteiger partial charge in [-0.2, -0.15) is 0 Å². The molecule has 2 rings (SSSR count). The van der Waals surface area contributed by atoms with Gasteiger partial charge in [0.05, 0.1) is 0 Å². The average Bonchev–Trinajstić information content (AvgIpc) is 2.96. The van der Waals surface area contributed by atoms with Crippen molar-refractivity contribution < 1.29 is 0 Å². The number of benzene rings is 1. The average molecular weight is 301 g/mol. The number of rotatable bonds is 7. The van der Waals surface area contributed by atoms with Crippen LogP contribution in [-0.2, 0) is 12.8 Å². The van der Waals surface area contributed by atoms with Crippen LogP contribution in [0.5, 0.6) is 0 Å². The van der Waals surface area contributed by atoms with Crippen LogP contribution in [0.3, 0.4) is 0 Å². The summed E-state index contributed by atoms with van der Waals surface area (Å²) in [6, 6.07) is 15.5. The molecule has 1 aromatic heterocycles. The summed E-state index contributed by atoms with van der Waals surface area (Å²) in [6.07, 6.45) is 3.26. The molecule has 1 aromatic carbocycles. The highest BCUT2D eigenvalue weighted by atomic mass is 32.1. The molecular weight excluding hydrogens is 274 g/mol. The lowest BCUT2D eigenvalue weighted by atomic mass is 9.79. The first-order valence-electron chi connectivity index (χ1n) is 8.03. The lowest BCUT2D eigenvalue weighted by molar-refractivity contribution is 0.381. The summed E-state index contributed by atoms with van der Waals surface area (Å²) in [4.78, 5) is 2.88. The van der Waals surface area contributed by atoms with Crippen molar-refractivity contribution in [1.29, 1.82) is 0 Å². The van der Waals surface area contributed by atoms with Crippen LogP contribution in [0.2, 0.25) is 0 Å². The highest BCUT2D eigenvalue weighted by molar-refractivity contribution is 7.11. The van der Waals surface area contributed by atoms with Gasteiger partial charge < -0.3 is 5.73 Å². The molecule has 3 unspecified atom stereocenters. The van der Waals surface area contributed by atoms with Crippen molar-refractivity contribution >= 4 is 11.3 Å². The molecule has 0 aliphatic heterocycles. The van der Waals surface area contributed by atoms with Crippen molar-refractivity contribution in [2.24, 2.45) is 11.7 Å². The Bertz CT molecular complexity index is 532. The van der Waals surface area contributed by atoms with Gasteiger partial charge in [0.1, 0.15) is 0 Å². The van der Waals surface area contributed by atoms with Crippen molar-refractivity contribution in [3.63, 3.8) is 0 Å². The lowest BCUT2D eigenvalue weighted by Gasteiger charge is -2.29. The second-order valence-corrected chi connectivity index (χ2v) is 7.16. The quantitative estimate of drug-likeness (QED) is 0.764. The van der Waals surface area contributed by atoms with Crippen molar-refractivity contribution in [3.05, 3.63) is 57.8 Å². The van der Waals surface area contributed by atoms with Gasteiger partial charge in [0.25, 0.3) is 0 Å². The first kappa shape index (κ1) is 16.3. The Labute approximate surface area is 133 Å². The van der Waals surface area contributed by atoms with E-state index in [1.807, 2.05) is 11.3 Å². The Morgan fingerprint density at radius 3 is 2.24 bits per heavy atom. The summed E-state index contributed by atoms with van der Waals surface area (Å²) < 4.78 is 0. The molecule has 0 saturated carbocycles. The first-order valence-corrected chi connectivity index (χ1v) is 8.85. The highest BCUT2D eigenvalue weighted by Gasteiger charge is 2.25. The molecule has 1 heterocycles. The van der Waals surface area contributed by atoms with Gasteiger partial charge in [-0.05, 0) is 36.5 Å². The Morgan fingerprint density at radius 2 is 1.67 bits per heavy atom. The molecule has 0 saturated heterocycles. The summed E-state index contributed by atoms with van der Waals surface area (Å²) >= 11 is 1.91. The fourth-order valence-corrected chi connectivity index (χ4v) is 4.04. The minimum absolute atomic E-state index is 0.186. The van der Waals surface area contributed by atoms with Gasteiger partial charge in [0.2, 0.25) is 0 Å². The SMILES string of the molecule is CCc1ccc(CC(N)C(c2ccccc2)C(C)CC)s1. The second-order valence-electron chi connectivity index (χ2n) is 5.91. The summed E-state index contributed by atoms with van der Waals surface area (Å²) in [5.41, 5.74) is 8.00. The van der Waals surface area contributed by atoms with Crippen LogP contribution in [0, 0.1) is 5.92 Å². The maximum atomic E-state index is 6.62. The third-order valence-corrected chi connectivity index (χ3v) is 5.66. The predicted octanol–water partition coefficient (Wildman–Crippen LogP) is 5.01. The van der Waals surface area contributed by atoms with E-state index in [1.54, 1.807) is 0 Å². The third-order valence-electron chi connectivity index (χ3n) is 4.41. The molecule has 0 amide bonds. The van der Waals surface area contributed by atoms with E-state index in [4.69, 9.17) is 5.73 Å². The van der Waals surface area contributed by atoms with Crippen LogP contribution in [-0.4, -0.2) is 6.04 Å². The summed E-state index contributed by atoms with van der Waals surface area (Å²) in [7, 11) is 0. The first-order chi connectivity index (χ1) is 10.2. The van der Waals surface area contributed by atoms with Crippen LogP contribution in [0.15, 0.2) is 42.5 Å². The zero-order valence-electron chi connectivity index (χ0n) is 13.4. The van der Waals surface area contributed by atoms with Crippen LogP contribution < -0.4 is 5.73 Å². The Balaban J connectivity index is 2.16. The second kappa shape index (κ2) is 7.77. The molecule has 2 heteroatoms. The van der Waals surface area contributed by atoms with E-state index >= 15 is 0 Å². The van der Waals surface area contributed by atoms with E-state index in [0.717, 1.165) is 19.3 Å². The monoisotopic (exact) mass is 301 g/mol. The summed E-state index contributed by atoms with van der Waals surface area (Å²) in [5.74, 6) is 1.04. The van der Waals surface area contributed by atoms with E-state index in [1.165, 1.54) is 15.3 Å². The van der Waals surface area contributed by atoms with Gasteiger partial charge in [-0.25, -0.2) is 0 Å². The topological polar surface area (TPSA) is 26.0 Å². The minimum atomic E-state index is 0.186. The van der Waals surface area contributed by atoms with Crippen molar-refractivity contribution in [2.75, 3.05) is 0 Å². The van der Waals surface area contributed by atoms with Crippen molar-refractivity contribution in [1.82, 2.24) is 0 Å². The number of hydrogen-bond acceptors (Lipinski definition) is 2. The Hall–Kier alpha value is -1.12. The molecule has 114 valence electrons. The van der Waals surface area contributed by atoms with E-state index in [9.17, 15) is 0 Å². The normalized spacial score (nSPS) is 15.6. The standard InChI is InChI=1S/C19H27NS/c1-4-14(3)19(15-9-7-6-8-10-15)18(20)13-17-12-11-16(5-2)21-17/h6-12,14,18-19H,4-5,13,20H2,1-3H3. The number of hydrogen-bond donors (Lipinski definition) is 1. The largest absolute Gasteiger partial charge is 0.327 e. The number of thiophene rings is 1. The predicted molar refractivity (Wildman–Crippen MR) is 94.0 cm³/mol. The zero-order valence-corrected chi connectivity index (χ0v) is 14.2. The van der Waals surface area contributed by atoms with Gasteiger partial charge in [-0.15, -0.1) is 11.3 Å². The molecular formula is C19H27NS. The van der Waals surface area contributed by atoms with Crippen LogP contribution >= 0.6 is 11.3 Å². The van der Waals surface area contributed by atoms with E-state index in [-0.39, 0.29) is 6.04 Å². The molecule has 2 aromatic rings. The fourth-order valence-electron chi connectivity index (χ4n) is 3.01. The molecule has 0 fully saturated rings. The third kappa shape index (κ3) is 4.18. The molecule has 21 heavy (non-hydrogen) atoms. The molecule has 2 N–H and O–H groups in total.